The average molecular weight is 508 g/mol. The summed E-state index contributed by atoms with van der Waals surface area (Å²) in [4.78, 5) is 21.3. The Labute approximate surface area is 201 Å². The molecule has 3 N–H and O–H groups in total. The number of aromatic nitrogens is 2. The SMILES string of the molecule is Cc1c(C(N)=O)sc2ncnc(Nc3ccc(F)cc3OC3CCC(N(C)S(C)(=O)=O)CC3)c12. The first-order valence-electron chi connectivity index (χ1n) is 10.7. The zero-order valence-electron chi connectivity index (χ0n) is 19.0. The van der Waals surface area contributed by atoms with Crippen LogP contribution in [0.5, 0.6) is 5.75 Å². The number of rotatable bonds is 7. The first kappa shape index (κ1) is 24.3. The minimum absolute atomic E-state index is 0.0738. The van der Waals surface area contributed by atoms with E-state index in [0.29, 0.717) is 63.6 Å². The second-order valence-electron chi connectivity index (χ2n) is 8.42. The summed E-state index contributed by atoms with van der Waals surface area (Å²) in [5.74, 6) is -0.188. The number of anilines is 2. The van der Waals surface area contributed by atoms with Gasteiger partial charge in [-0.2, -0.15) is 0 Å². The first-order valence-corrected chi connectivity index (χ1v) is 13.4. The Hall–Kier alpha value is -2.83. The van der Waals surface area contributed by atoms with Crippen LogP contribution in [0, 0.1) is 12.7 Å². The number of hydrogen-bond acceptors (Lipinski definition) is 8. The van der Waals surface area contributed by atoms with Crippen molar-refractivity contribution in [2.75, 3.05) is 18.6 Å². The summed E-state index contributed by atoms with van der Waals surface area (Å²) in [6.07, 6.45) is 5.00. The summed E-state index contributed by atoms with van der Waals surface area (Å²) in [5.41, 5.74) is 6.67. The molecule has 1 aliphatic carbocycles. The maximum Gasteiger partial charge on any atom is 0.259 e. The molecule has 2 aromatic heterocycles. The molecule has 0 unspecified atom stereocenters. The van der Waals surface area contributed by atoms with Crippen LogP contribution in [0.15, 0.2) is 24.5 Å². The average Bonchev–Trinajstić information content (AvgIpc) is 3.13. The number of aryl methyl sites for hydroxylation is 1. The van der Waals surface area contributed by atoms with Crippen molar-refractivity contribution < 1.29 is 22.3 Å². The number of carbonyl (C=O) groups excluding carboxylic acids is 1. The van der Waals surface area contributed by atoms with Gasteiger partial charge in [0, 0.05) is 19.2 Å². The minimum atomic E-state index is -3.26. The van der Waals surface area contributed by atoms with E-state index in [1.165, 1.54) is 40.4 Å². The van der Waals surface area contributed by atoms with Gasteiger partial charge < -0.3 is 15.8 Å². The van der Waals surface area contributed by atoms with E-state index in [0.717, 1.165) is 0 Å². The molecule has 3 aromatic rings. The Morgan fingerprint density at radius 1 is 1.26 bits per heavy atom. The van der Waals surface area contributed by atoms with Gasteiger partial charge in [-0.15, -0.1) is 11.3 Å². The number of nitrogens with zero attached hydrogens (tertiary/aromatic N) is 3. The molecule has 1 aromatic carbocycles. The number of carbonyl (C=O) groups is 1. The highest BCUT2D eigenvalue weighted by atomic mass is 32.2. The van der Waals surface area contributed by atoms with Crippen molar-refractivity contribution >= 4 is 49.0 Å². The van der Waals surface area contributed by atoms with Crippen molar-refractivity contribution in [2.24, 2.45) is 5.73 Å². The maximum absolute atomic E-state index is 14.1. The standard InChI is InChI=1S/C22H26FN5O4S2/c1-12-18-21(25-11-26-22(18)33-19(12)20(24)29)27-16-9-4-13(23)10-17(16)32-15-7-5-14(6-8-15)28(2)34(3,30)31/h4,9-11,14-15H,5-8H2,1-3H3,(H2,24,29)(H,25,26,27). The fourth-order valence-corrected chi connectivity index (χ4v) is 5.96. The van der Waals surface area contributed by atoms with Crippen LogP contribution in [-0.2, 0) is 10.0 Å². The number of ether oxygens (including phenoxy) is 1. The predicted molar refractivity (Wildman–Crippen MR) is 130 cm³/mol. The number of nitrogens with two attached hydrogens (primary N) is 1. The largest absolute Gasteiger partial charge is 0.488 e. The molecular weight excluding hydrogens is 481 g/mol. The van der Waals surface area contributed by atoms with Crippen LogP contribution in [0.1, 0.15) is 40.9 Å². The van der Waals surface area contributed by atoms with Crippen molar-refractivity contribution in [1.29, 1.82) is 0 Å². The van der Waals surface area contributed by atoms with Crippen LogP contribution in [0.2, 0.25) is 0 Å². The van der Waals surface area contributed by atoms with E-state index in [1.807, 2.05) is 0 Å². The summed E-state index contributed by atoms with van der Waals surface area (Å²) < 4.78 is 45.3. The molecule has 0 aliphatic heterocycles. The number of hydrogen-bond donors (Lipinski definition) is 2. The van der Waals surface area contributed by atoms with Gasteiger partial charge in [-0.25, -0.2) is 27.1 Å². The summed E-state index contributed by atoms with van der Waals surface area (Å²) in [6.45, 7) is 1.78. The van der Waals surface area contributed by atoms with Crippen LogP contribution < -0.4 is 15.8 Å². The quantitative estimate of drug-likeness (QED) is 0.500. The van der Waals surface area contributed by atoms with E-state index >= 15 is 0 Å². The lowest BCUT2D eigenvalue weighted by atomic mass is 9.93. The number of primary amides is 1. The number of benzene rings is 1. The van der Waals surface area contributed by atoms with E-state index in [9.17, 15) is 17.6 Å². The predicted octanol–water partition coefficient (Wildman–Crippen LogP) is 3.56. The second kappa shape index (κ2) is 9.43. The molecule has 1 saturated carbocycles. The Morgan fingerprint density at radius 2 is 1.97 bits per heavy atom. The van der Waals surface area contributed by atoms with Gasteiger partial charge in [-0.05, 0) is 50.3 Å². The van der Waals surface area contributed by atoms with Crippen LogP contribution in [-0.4, -0.2) is 54.0 Å². The summed E-state index contributed by atoms with van der Waals surface area (Å²) in [6, 6.07) is 4.12. The third-order valence-electron chi connectivity index (χ3n) is 6.12. The fraction of sp³-hybridized carbons (Fsp3) is 0.409. The summed E-state index contributed by atoms with van der Waals surface area (Å²) in [7, 11) is -1.67. The van der Waals surface area contributed by atoms with Crippen LogP contribution in [0.3, 0.4) is 0 Å². The van der Waals surface area contributed by atoms with Gasteiger partial charge >= 0.3 is 0 Å². The molecule has 2 heterocycles. The van der Waals surface area contributed by atoms with E-state index in [-0.39, 0.29) is 12.1 Å². The molecule has 4 rings (SSSR count). The molecule has 0 saturated heterocycles. The summed E-state index contributed by atoms with van der Waals surface area (Å²) in [5, 5.41) is 3.86. The highest BCUT2D eigenvalue weighted by Gasteiger charge is 2.29. The highest BCUT2D eigenvalue weighted by molar-refractivity contribution is 7.88. The first-order chi connectivity index (χ1) is 16.0. The van der Waals surface area contributed by atoms with Crippen molar-refractivity contribution in [3.8, 4) is 5.75 Å². The van der Waals surface area contributed by atoms with Crippen molar-refractivity contribution in [3.63, 3.8) is 0 Å². The Bertz CT molecular complexity index is 1340. The number of sulfonamides is 1. The van der Waals surface area contributed by atoms with E-state index < -0.39 is 21.7 Å². The van der Waals surface area contributed by atoms with E-state index in [2.05, 4.69) is 15.3 Å². The molecule has 0 bridgehead atoms. The van der Waals surface area contributed by atoms with Crippen molar-refractivity contribution in [1.82, 2.24) is 14.3 Å². The molecular formula is C22H26FN5O4S2. The number of thiophene rings is 1. The lowest BCUT2D eigenvalue weighted by Crippen LogP contribution is -2.40. The van der Waals surface area contributed by atoms with Gasteiger partial charge in [0.1, 0.15) is 28.5 Å². The van der Waals surface area contributed by atoms with Gasteiger partial charge in [-0.3, -0.25) is 4.79 Å². The van der Waals surface area contributed by atoms with Gasteiger partial charge in [0.2, 0.25) is 10.0 Å². The molecule has 0 radical (unpaired) electrons. The fourth-order valence-electron chi connectivity index (χ4n) is 4.20. The zero-order valence-corrected chi connectivity index (χ0v) is 20.7. The number of halogens is 1. The molecule has 1 amide bonds. The van der Waals surface area contributed by atoms with Crippen LogP contribution in [0.4, 0.5) is 15.9 Å². The molecule has 12 heteroatoms. The highest BCUT2D eigenvalue weighted by Crippen LogP contribution is 2.37. The second-order valence-corrected chi connectivity index (χ2v) is 11.5. The molecule has 1 aliphatic rings. The molecule has 9 nitrogen and oxygen atoms in total. The molecule has 182 valence electrons. The Morgan fingerprint density at radius 3 is 2.62 bits per heavy atom. The van der Waals surface area contributed by atoms with E-state index in [1.54, 1.807) is 20.0 Å². The van der Waals surface area contributed by atoms with Gasteiger partial charge in [0.05, 0.1) is 28.3 Å². The third kappa shape index (κ3) is 4.98. The zero-order chi connectivity index (χ0) is 24.6. The topological polar surface area (TPSA) is 128 Å². The lowest BCUT2D eigenvalue weighted by Gasteiger charge is -2.33. The maximum atomic E-state index is 14.1. The molecule has 34 heavy (non-hydrogen) atoms. The number of nitrogens with one attached hydrogen (secondary N) is 1. The van der Waals surface area contributed by atoms with Gasteiger partial charge in [0.25, 0.3) is 5.91 Å². The van der Waals surface area contributed by atoms with Crippen molar-refractivity contribution in [2.45, 2.75) is 44.8 Å². The number of amides is 1. The normalized spacial score (nSPS) is 18.9. The van der Waals surface area contributed by atoms with Gasteiger partial charge in [-0.1, -0.05) is 0 Å². The summed E-state index contributed by atoms with van der Waals surface area (Å²) >= 11 is 1.19. The molecule has 0 spiro atoms. The smallest absolute Gasteiger partial charge is 0.259 e. The monoisotopic (exact) mass is 507 g/mol. The Balaban J connectivity index is 1.56. The lowest BCUT2D eigenvalue weighted by molar-refractivity contribution is 0.100. The molecule has 1 fully saturated rings. The third-order valence-corrected chi connectivity index (χ3v) is 8.68. The number of fused-ring (bicyclic) bond motifs is 1. The molecule has 0 atom stereocenters. The van der Waals surface area contributed by atoms with Gasteiger partial charge in [0.15, 0.2) is 0 Å². The van der Waals surface area contributed by atoms with Crippen molar-refractivity contribution in [3.05, 3.63) is 40.8 Å². The van der Waals surface area contributed by atoms with Crippen LogP contribution >= 0.6 is 11.3 Å². The Kier molecular flexibility index (Phi) is 6.74. The minimum Gasteiger partial charge on any atom is -0.488 e. The van der Waals surface area contributed by atoms with E-state index in [4.69, 9.17) is 10.5 Å². The van der Waals surface area contributed by atoms with Crippen LogP contribution in [0.25, 0.3) is 10.2 Å².